The Labute approximate surface area is 113 Å². The fourth-order valence-electron chi connectivity index (χ4n) is 2.85. The number of methoxy groups -OCH3 is 1. The second kappa shape index (κ2) is 5.95. The highest BCUT2D eigenvalue weighted by Crippen LogP contribution is 2.38. The van der Waals surface area contributed by atoms with Crippen molar-refractivity contribution < 1.29 is 9.53 Å². The van der Waals surface area contributed by atoms with Crippen LogP contribution in [0.1, 0.15) is 39.0 Å². The molecule has 0 bridgehead atoms. The van der Waals surface area contributed by atoms with Crippen molar-refractivity contribution in [3.8, 4) is 0 Å². The van der Waals surface area contributed by atoms with Gasteiger partial charge in [0.1, 0.15) is 0 Å². The number of thioether (sulfide) groups is 1. The Kier molecular flexibility index (Phi) is 4.54. The Hall–Kier alpha value is -0.710. The fraction of sp³-hybridized carbons (Fsp3) is 0.846. The summed E-state index contributed by atoms with van der Waals surface area (Å²) in [5.74, 6) is 1.73. The summed E-state index contributed by atoms with van der Waals surface area (Å²) in [4.78, 5) is 15.5. The minimum atomic E-state index is -0.191. The van der Waals surface area contributed by atoms with E-state index in [-0.39, 0.29) is 11.5 Å². The van der Waals surface area contributed by atoms with Crippen LogP contribution in [0.5, 0.6) is 0 Å². The summed E-state index contributed by atoms with van der Waals surface area (Å²) in [7, 11) is 1.41. The summed E-state index contributed by atoms with van der Waals surface area (Å²) in [6.45, 7) is 2.85. The molecule has 0 aromatic heterocycles. The van der Waals surface area contributed by atoms with Crippen molar-refractivity contribution in [2.45, 2.75) is 44.6 Å². The minimum Gasteiger partial charge on any atom is -0.469 e. The van der Waals surface area contributed by atoms with Gasteiger partial charge in [0.05, 0.1) is 20.1 Å². The lowest BCUT2D eigenvalue weighted by atomic mass is 9.78. The summed E-state index contributed by atoms with van der Waals surface area (Å²) < 4.78 is 4.60. The van der Waals surface area contributed by atoms with E-state index in [0.29, 0.717) is 13.0 Å². The normalized spacial score (nSPS) is 33.7. The average molecular weight is 270 g/mol. The quantitative estimate of drug-likeness (QED) is 0.799. The van der Waals surface area contributed by atoms with Gasteiger partial charge >= 0.3 is 5.97 Å². The zero-order valence-corrected chi connectivity index (χ0v) is 12.0. The molecule has 4 nitrogen and oxygen atoms in total. The molecule has 5 heteroatoms. The first kappa shape index (κ1) is 13.7. The van der Waals surface area contributed by atoms with Crippen molar-refractivity contribution in [2.75, 3.05) is 19.4 Å². The molecule has 1 saturated carbocycles. The van der Waals surface area contributed by atoms with Gasteiger partial charge in [-0.1, -0.05) is 31.5 Å². The number of nitrogens with one attached hydrogen (secondary N) is 1. The van der Waals surface area contributed by atoms with Crippen molar-refractivity contribution in [1.29, 1.82) is 0 Å². The number of carbonyl (C=O) groups excluding carboxylic acids is 1. The molecule has 1 aliphatic carbocycles. The molecule has 18 heavy (non-hydrogen) atoms. The van der Waals surface area contributed by atoms with Gasteiger partial charge in [-0.05, 0) is 18.8 Å². The van der Waals surface area contributed by atoms with E-state index in [1.165, 1.54) is 32.8 Å². The second-order valence-electron chi connectivity index (χ2n) is 5.41. The summed E-state index contributed by atoms with van der Waals surface area (Å²) in [5, 5.41) is 4.60. The maximum absolute atomic E-state index is 11.0. The van der Waals surface area contributed by atoms with Crippen molar-refractivity contribution in [1.82, 2.24) is 5.32 Å². The van der Waals surface area contributed by atoms with Gasteiger partial charge in [-0.2, -0.15) is 0 Å². The van der Waals surface area contributed by atoms with Crippen LogP contribution >= 0.6 is 11.8 Å². The number of carbonyl (C=O) groups is 1. The molecule has 0 amide bonds. The molecule has 2 rings (SSSR count). The van der Waals surface area contributed by atoms with Crippen LogP contribution < -0.4 is 5.32 Å². The summed E-state index contributed by atoms with van der Waals surface area (Å²) in [5.41, 5.74) is 0.270. The van der Waals surface area contributed by atoms with Gasteiger partial charge in [-0.25, -0.2) is 0 Å². The van der Waals surface area contributed by atoms with Crippen LogP contribution in [-0.4, -0.2) is 36.1 Å². The van der Waals surface area contributed by atoms with Crippen LogP contribution in [0.25, 0.3) is 0 Å². The number of amidine groups is 1. The average Bonchev–Trinajstić information content (AvgIpc) is 2.71. The molecule has 102 valence electrons. The van der Waals surface area contributed by atoms with Crippen molar-refractivity contribution in [3.05, 3.63) is 0 Å². The van der Waals surface area contributed by atoms with Gasteiger partial charge in [-0.3, -0.25) is 9.79 Å². The fourth-order valence-corrected chi connectivity index (χ4v) is 4.06. The molecule has 0 aromatic rings. The van der Waals surface area contributed by atoms with E-state index in [1.54, 1.807) is 11.8 Å². The van der Waals surface area contributed by atoms with Crippen molar-refractivity contribution in [3.63, 3.8) is 0 Å². The first-order chi connectivity index (χ1) is 8.63. The zero-order valence-electron chi connectivity index (χ0n) is 11.2. The molecule has 2 fully saturated rings. The molecule has 2 unspecified atom stereocenters. The lowest BCUT2D eigenvalue weighted by molar-refractivity contribution is -0.140. The summed E-state index contributed by atoms with van der Waals surface area (Å²) in [6, 6.07) is 0. The van der Waals surface area contributed by atoms with Crippen LogP contribution in [-0.2, 0) is 9.53 Å². The first-order valence-corrected chi connectivity index (χ1v) is 7.64. The predicted octanol–water partition coefficient (Wildman–Crippen LogP) is 2.19. The third kappa shape index (κ3) is 3.40. The maximum Gasteiger partial charge on any atom is 0.307 e. The number of rotatable bonds is 3. The Balaban J connectivity index is 1.83. The molecule has 1 spiro atoms. The third-order valence-corrected chi connectivity index (χ3v) is 4.95. The molecule has 2 aliphatic rings. The number of nitrogens with zero attached hydrogens (tertiary/aromatic N) is 1. The molecule has 1 saturated heterocycles. The van der Waals surface area contributed by atoms with Gasteiger partial charge in [0.2, 0.25) is 0 Å². The number of hydrogen-bond donors (Lipinski definition) is 1. The van der Waals surface area contributed by atoms with Gasteiger partial charge < -0.3 is 10.1 Å². The number of esters is 1. The highest BCUT2D eigenvalue weighted by atomic mass is 32.2. The first-order valence-electron chi connectivity index (χ1n) is 6.66. The molecular formula is C13H22N2O2S. The van der Waals surface area contributed by atoms with E-state index in [0.717, 1.165) is 16.8 Å². The van der Waals surface area contributed by atoms with E-state index in [2.05, 4.69) is 22.0 Å². The Morgan fingerprint density at radius 3 is 3.22 bits per heavy atom. The Morgan fingerprint density at radius 2 is 2.50 bits per heavy atom. The van der Waals surface area contributed by atoms with Crippen LogP contribution in [0.3, 0.4) is 0 Å². The lowest BCUT2D eigenvalue weighted by Crippen LogP contribution is -2.47. The van der Waals surface area contributed by atoms with Crippen LogP contribution in [0, 0.1) is 5.92 Å². The van der Waals surface area contributed by atoms with E-state index in [4.69, 9.17) is 0 Å². The highest BCUT2D eigenvalue weighted by Gasteiger charge is 2.40. The van der Waals surface area contributed by atoms with Crippen LogP contribution in [0.15, 0.2) is 4.99 Å². The Morgan fingerprint density at radius 1 is 1.67 bits per heavy atom. The minimum absolute atomic E-state index is 0.191. The molecular weight excluding hydrogens is 248 g/mol. The number of hydrogen-bond acceptors (Lipinski definition) is 4. The standard InChI is InChI=1S/C13H22N2O2S/c1-10-4-3-6-13(8-10)9-18-12(15-13)14-7-5-11(16)17-2/h10H,3-9H2,1-2H3,(H,14,15). The summed E-state index contributed by atoms with van der Waals surface area (Å²) in [6.07, 6.45) is 5.52. The number of aliphatic imine (C=N–C) groups is 1. The molecule has 0 radical (unpaired) electrons. The SMILES string of the molecule is COC(=O)CCN=C1NC2(CCCC(C)C2)CS1. The van der Waals surface area contributed by atoms with Crippen LogP contribution in [0.4, 0.5) is 0 Å². The largest absolute Gasteiger partial charge is 0.469 e. The lowest BCUT2D eigenvalue weighted by Gasteiger charge is -2.36. The molecule has 1 N–H and O–H groups in total. The van der Waals surface area contributed by atoms with Crippen molar-refractivity contribution >= 4 is 22.9 Å². The second-order valence-corrected chi connectivity index (χ2v) is 6.37. The third-order valence-electron chi connectivity index (χ3n) is 3.75. The molecule has 1 heterocycles. The number of ether oxygens (including phenoxy) is 1. The van der Waals surface area contributed by atoms with Gasteiger partial charge in [0.15, 0.2) is 5.17 Å². The van der Waals surface area contributed by atoms with Gasteiger partial charge in [-0.15, -0.1) is 0 Å². The van der Waals surface area contributed by atoms with Crippen molar-refractivity contribution in [2.24, 2.45) is 10.9 Å². The van der Waals surface area contributed by atoms with E-state index >= 15 is 0 Å². The smallest absolute Gasteiger partial charge is 0.307 e. The maximum atomic E-state index is 11.0. The van der Waals surface area contributed by atoms with E-state index in [1.807, 2.05) is 0 Å². The van der Waals surface area contributed by atoms with E-state index < -0.39 is 0 Å². The zero-order chi connectivity index (χ0) is 13.0. The highest BCUT2D eigenvalue weighted by molar-refractivity contribution is 8.14. The van der Waals surface area contributed by atoms with Gasteiger partial charge in [0.25, 0.3) is 0 Å². The molecule has 0 aromatic carbocycles. The predicted molar refractivity (Wildman–Crippen MR) is 74.9 cm³/mol. The summed E-state index contributed by atoms with van der Waals surface area (Å²) >= 11 is 1.80. The topological polar surface area (TPSA) is 50.7 Å². The van der Waals surface area contributed by atoms with E-state index in [9.17, 15) is 4.79 Å². The Bertz CT molecular complexity index is 346. The van der Waals surface area contributed by atoms with Gasteiger partial charge in [0, 0.05) is 11.3 Å². The molecule has 2 atom stereocenters. The molecule has 1 aliphatic heterocycles. The van der Waals surface area contributed by atoms with Crippen LogP contribution in [0.2, 0.25) is 0 Å². The monoisotopic (exact) mass is 270 g/mol.